The zero-order chi connectivity index (χ0) is 20.4. The highest BCUT2D eigenvalue weighted by Gasteiger charge is 2.41. The maximum Gasteiger partial charge on any atom is 0.328 e. The molecular formula is C20H19FN4O4. The van der Waals surface area contributed by atoms with E-state index in [4.69, 9.17) is 9.47 Å². The molecule has 0 radical (unpaired) electrons. The molecule has 0 saturated carbocycles. The van der Waals surface area contributed by atoms with Crippen molar-refractivity contribution in [2.24, 2.45) is 0 Å². The minimum atomic E-state index is -0.806. The van der Waals surface area contributed by atoms with Crippen LogP contribution in [-0.4, -0.2) is 57.6 Å². The summed E-state index contributed by atoms with van der Waals surface area (Å²) in [4.78, 5) is 26.6. The normalized spacial score (nSPS) is 18.8. The summed E-state index contributed by atoms with van der Waals surface area (Å²) in [6.07, 6.45) is -0.322. The Labute approximate surface area is 165 Å². The van der Waals surface area contributed by atoms with E-state index in [1.54, 1.807) is 18.2 Å². The van der Waals surface area contributed by atoms with Crippen molar-refractivity contribution < 1.29 is 23.5 Å². The lowest BCUT2D eigenvalue weighted by Gasteiger charge is -2.22. The molecule has 0 spiro atoms. The Kier molecular flexibility index (Phi) is 5.11. The van der Waals surface area contributed by atoms with E-state index in [2.05, 4.69) is 10.3 Å². The summed E-state index contributed by atoms with van der Waals surface area (Å²) >= 11 is 0. The number of benzene rings is 2. The first kappa shape index (κ1) is 18.9. The summed E-state index contributed by atoms with van der Waals surface area (Å²) in [5, 5.41) is 8.05. The number of carbonyl (C=O) groups excluding carboxylic acids is 2. The Balaban J connectivity index is 1.52. The summed E-state index contributed by atoms with van der Waals surface area (Å²) in [6, 6.07) is 12.5. The van der Waals surface area contributed by atoms with Gasteiger partial charge in [-0.05, 0) is 24.3 Å². The standard InChI is InChI=1S/C20H19FN4O4/c1-28-20(27)17-10-13(29-18-9-5-2-6-14(18)21)11-24(17)19(26)12-25-16-8-4-3-7-15(16)22-23-25/h2-9,13,17H,10-12H2,1H3/t13-,17-/m1/s1. The summed E-state index contributed by atoms with van der Waals surface area (Å²) < 4.78 is 25.9. The van der Waals surface area contributed by atoms with Crippen LogP contribution in [0.5, 0.6) is 5.75 Å². The maximum atomic E-state index is 13.9. The van der Waals surface area contributed by atoms with E-state index < -0.39 is 23.9 Å². The number of hydrogen-bond acceptors (Lipinski definition) is 6. The summed E-state index contributed by atoms with van der Waals surface area (Å²) in [6.45, 7) is 0.0555. The SMILES string of the molecule is COC(=O)[C@H]1C[C@@H](Oc2ccccc2F)CN1C(=O)Cn1nnc2ccccc21. The number of methoxy groups -OCH3 is 1. The van der Waals surface area contributed by atoms with Gasteiger partial charge in [0.25, 0.3) is 0 Å². The lowest BCUT2D eigenvalue weighted by molar-refractivity contribution is -0.151. The topological polar surface area (TPSA) is 86.5 Å². The van der Waals surface area contributed by atoms with Crippen LogP contribution < -0.4 is 4.74 Å². The predicted octanol–water partition coefficient (Wildman–Crippen LogP) is 1.79. The minimum Gasteiger partial charge on any atom is -0.485 e. The van der Waals surface area contributed by atoms with E-state index in [0.717, 1.165) is 0 Å². The highest BCUT2D eigenvalue weighted by atomic mass is 19.1. The number of likely N-dealkylation sites (tertiary alicyclic amines) is 1. The van der Waals surface area contributed by atoms with Crippen LogP contribution in [0.3, 0.4) is 0 Å². The van der Waals surface area contributed by atoms with Gasteiger partial charge in [-0.2, -0.15) is 0 Å². The number of aromatic nitrogens is 3. The van der Waals surface area contributed by atoms with Gasteiger partial charge < -0.3 is 14.4 Å². The number of halogens is 1. The third-order valence-corrected chi connectivity index (χ3v) is 4.89. The first-order chi connectivity index (χ1) is 14.1. The van der Waals surface area contributed by atoms with Crippen LogP contribution in [-0.2, 0) is 20.9 Å². The second-order valence-corrected chi connectivity index (χ2v) is 6.73. The highest BCUT2D eigenvalue weighted by Crippen LogP contribution is 2.26. The number of hydrogen-bond donors (Lipinski definition) is 0. The van der Waals surface area contributed by atoms with Gasteiger partial charge in [0.2, 0.25) is 5.91 Å². The molecular weight excluding hydrogens is 379 g/mol. The van der Waals surface area contributed by atoms with Crippen molar-refractivity contribution in [3.8, 4) is 5.75 Å². The summed E-state index contributed by atoms with van der Waals surface area (Å²) in [7, 11) is 1.26. The van der Waals surface area contributed by atoms with E-state index >= 15 is 0 Å². The fraction of sp³-hybridized carbons (Fsp3) is 0.300. The number of rotatable bonds is 5. The molecule has 2 heterocycles. The number of fused-ring (bicyclic) bond motifs is 1. The van der Waals surface area contributed by atoms with Crippen LogP contribution in [0.1, 0.15) is 6.42 Å². The van der Waals surface area contributed by atoms with Crippen molar-refractivity contribution >= 4 is 22.9 Å². The molecule has 2 aromatic carbocycles. The third kappa shape index (κ3) is 3.75. The van der Waals surface area contributed by atoms with Crippen molar-refractivity contribution in [1.29, 1.82) is 0 Å². The Hall–Kier alpha value is -3.49. The van der Waals surface area contributed by atoms with E-state index in [1.165, 1.54) is 28.8 Å². The fourth-order valence-corrected chi connectivity index (χ4v) is 3.49. The first-order valence-electron chi connectivity index (χ1n) is 9.13. The molecule has 150 valence electrons. The van der Waals surface area contributed by atoms with Crippen LogP contribution in [0.2, 0.25) is 0 Å². The number of carbonyl (C=O) groups is 2. The molecule has 1 saturated heterocycles. The zero-order valence-electron chi connectivity index (χ0n) is 15.7. The fourth-order valence-electron chi connectivity index (χ4n) is 3.49. The van der Waals surface area contributed by atoms with Gasteiger partial charge in [0, 0.05) is 6.42 Å². The van der Waals surface area contributed by atoms with Gasteiger partial charge in [-0.25, -0.2) is 13.9 Å². The number of ether oxygens (including phenoxy) is 2. The van der Waals surface area contributed by atoms with Gasteiger partial charge in [0.05, 0.1) is 19.2 Å². The Morgan fingerprint density at radius 2 is 1.93 bits per heavy atom. The number of nitrogens with zero attached hydrogens (tertiary/aromatic N) is 4. The van der Waals surface area contributed by atoms with E-state index in [9.17, 15) is 14.0 Å². The van der Waals surface area contributed by atoms with Crippen molar-refractivity contribution in [2.45, 2.75) is 25.1 Å². The van der Waals surface area contributed by atoms with Gasteiger partial charge in [0.15, 0.2) is 11.6 Å². The summed E-state index contributed by atoms with van der Waals surface area (Å²) in [5.41, 5.74) is 1.39. The Bertz CT molecular complexity index is 1050. The first-order valence-corrected chi connectivity index (χ1v) is 9.13. The van der Waals surface area contributed by atoms with Crippen molar-refractivity contribution in [2.75, 3.05) is 13.7 Å². The Morgan fingerprint density at radius 1 is 1.17 bits per heavy atom. The average Bonchev–Trinajstić information content (AvgIpc) is 3.34. The molecule has 1 aliphatic heterocycles. The minimum absolute atomic E-state index is 0.0812. The smallest absolute Gasteiger partial charge is 0.328 e. The highest BCUT2D eigenvalue weighted by molar-refractivity contribution is 5.86. The lowest BCUT2D eigenvalue weighted by atomic mass is 10.2. The molecule has 29 heavy (non-hydrogen) atoms. The molecule has 0 unspecified atom stereocenters. The average molecular weight is 398 g/mol. The molecule has 2 atom stereocenters. The van der Waals surface area contributed by atoms with Crippen LogP contribution in [0.4, 0.5) is 4.39 Å². The maximum absolute atomic E-state index is 13.9. The molecule has 1 amide bonds. The molecule has 9 heteroatoms. The van der Waals surface area contributed by atoms with Crippen LogP contribution in [0.15, 0.2) is 48.5 Å². The molecule has 0 aliphatic carbocycles. The van der Waals surface area contributed by atoms with Gasteiger partial charge >= 0.3 is 5.97 Å². The van der Waals surface area contributed by atoms with E-state index in [-0.39, 0.29) is 31.2 Å². The van der Waals surface area contributed by atoms with Gasteiger partial charge in [-0.1, -0.05) is 29.5 Å². The lowest BCUT2D eigenvalue weighted by Crippen LogP contribution is -2.43. The van der Waals surface area contributed by atoms with Gasteiger partial charge in [-0.3, -0.25) is 4.79 Å². The number of esters is 1. The van der Waals surface area contributed by atoms with Gasteiger partial charge in [-0.15, -0.1) is 5.10 Å². The molecule has 1 fully saturated rings. The van der Waals surface area contributed by atoms with Crippen LogP contribution >= 0.6 is 0 Å². The predicted molar refractivity (Wildman–Crippen MR) is 100 cm³/mol. The van der Waals surface area contributed by atoms with Crippen molar-refractivity contribution in [3.05, 3.63) is 54.3 Å². The van der Waals surface area contributed by atoms with Crippen LogP contribution in [0, 0.1) is 5.82 Å². The Morgan fingerprint density at radius 3 is 2.72 bits per heavy atom. The van der Waals surface area contributed by atoms with E-state index in [0.29, 0.717) is 11.0 Å². The second-order valence-electron chi connectivity index (χ2n) is 6.73. The van der Waals surface area contributed by atoms with Crippen molar-refractivity contribution in [1.82, 2.24) is 19.9 Å². The summed E-state index contributed by atoms with van der Waals surface area (Å²) in [5.74, 6) is -1.28. The number of amides is 1. The molecule has 0 N–H and O–H groups in total. The molecule has 4 rings (SSSR count). The molecule has 1 aliphatic rings. The van der Waals surface area contributed by atoms with Crippen molar-refractivity contribution in [3.63, 3.8) is 0 Å². The molecule has 0 bridgehead atoms. The molecule has 3 aromatic rings. The molecule has 1 aromatic heterocycles. The van der Waals surface area contributed by atoms with Crippen LogP contribution in [0.25, 0.3) is 11.0 Å². The zero-order valence-corrected chi connectivity index (χ0v) is 15.7. The van der Waals surface area contributed by atoms with E-state index in [1.807, 2.05) is 18.2 Å². The second kappa shape index (κ2) is 7.86. The molecule has 8 nitrogen and oxygen atoms in total. The third-order valence-electron chi connectivity index (χ3n) is 4.89. The monoisotopic (exact) mass is 398 g/mol. The largest absolute Gasteiger partial charge is 0.485 e. The quantitative estimate of drug-likeness (QED) is 0.609. The number of para-hydroxylation sites is 2. The van der Waals surface area contributed by atoms with Gasteiger partial charge in [0.1, 0.15) is 24.2 Å².